The number of hydrazine groups is 1. The number of aromatic nitrogens is 1. The van der Waals surface area contributed by atoms with Crippen molar-refractivity contribution in [1.29, 1.82) is 0 Å². The maximum Gasteiger partial charge on any atom is 0.244 e. The molecule has 0 aliphatic heterocycles. The zero-order chi connectivity index (χ0) is 16.0. The van der Waals surface area contributed by atoms with Crippen molar-refractivity contribution in [2.45, 2.75) is 51.5 Å². The van der Waals surface area contributed by atoms with Gasteiger partial charge < -0.3 is 5.43 Å². The average Bonchev–Trinajstić information content (AvgIpc) is 2.47. The van der Waals surface area contributed by atoms with Crippen LogP contribution in [0.4, 0.5) is 5.82 Å². The van der Waals surface area contributed by atoms with Crippen LogP contribution in [0.5, 0.6) is 0 Å². The van der Waals surface area contributed by atoms with Crippen LogP contribution in [0.3, 0.4) is 0 Å². The number of hydrogen-bond acceptors (Lipinski definition) is 5. The molecule has 0 saturated heterocycles. The van der Waals surface area contributed by atoms with E-state index in [1.807, 2.05) is 27.7 Å². The van der Waals surface area contributed by atoms with Gasteiger partial charge in [-0.15, -0.1) is 0 Å². The van der Waals surface area contributed by atoms with Crippen LogP contribution in [0.15, 0.2) is 23.2 Å². The van der Waals surface area contributed by atoms with Crippen molar-refractivity contribution in [2.24, 2.45) is 11.8 Å². The molecule has 0 radical (unpaired) electrons. The number of hydrogen-bond donors (Lipinski definition) is 2. The van der Waals surface area contributed by atoms with Crippen molar-refractivity contribution in [3.63, 3.8) is 0 Å². The standard InChI is InChI=1S/C14H26N4O2S/c1-5-12(6-2)18(10-11(3)4)21(19,20)13-7-8-14(17-15)16-9-13/h7-9,11-12H,5-6,10,15H2,1-4H3,(H,16,17). The number of pyridine rings is 1. The molecule has 1 rings (SSSR count). The second-order valence-electron chi connectivity index (χ2n) is 5.46. The Labute approximate surface area is 127 Å². The minimum atomic E-state index is -3.54. The van der Waals surface area contributed by atoms with Gasteiger partial charge in [0.25, 0.3) is 0 Å². The maximum atomic E-state index is 12.9. The first-order chi connectivity index (χ1) is 9.86. The summed E-state index contributed by atoms with van der Waals surface area (Å²) < 4.78 is 27.3. The molecule has 7 heteroatoms. The molecule has 1 aromatic rings. The van der Waals surface area contributed by atoms with Gasteiger partial charge in [-0.3, -0.25) is 0 Å². The van der Waals surface area contributed by atoms with E-state index in [1.54, 1.807) is 10.4 Å². The van der Waals surface area contributed by atoms with Crippen LogP contribution in [0.25, 0.3) is 0 Å². The van der Waals surface area contributed by atoms with Gasteiger partial charge in [-0.05, 0) is 30.9 Å². The van der Waals surface area contributed by atoms with Crippen LogP contribution < -0.4 is 11.3 Å². The van der Waals surface area contributed by atoms with Crippen LogP contribution in [-0.2, 0) is 10.0 Å². The fourth-order valence-electron chi connectivity index (χ4n) is 2.25. The maximum absolute atomic E-state index is 12.9. The number of nitrogens with two attached hydrogens (primary N) is 1. The monoisotopic (exact) mass is 314 g/mol. The Bertz CT molecular complexity index is 524. The van der Waals surface area contributed by atoms with Gasteiger partial charge in [0.15, 0.2) is 0 Å². The molecule has 1 aromatic heterocycles. The van der Waals surface area contributed by atoms with Crippen molar-refractivity contribution in [3.8, 4) is 0 Å². The summed E-state index contributed by atoms with van der Waals surface area (Å²) >= 11 is 0. The molecule has 21 heavy (non-hydrogen) atoms. The number of nitrogens with zero attached hydrogens (tertiary/aromatic N) is 2. The summed E-state index contributed by atoms with van der Waals surface area (Å²) in [5.74, 6) is 5.95. The van der Waals surface area contributed by atoms with Crippen LogP contribution in [0.2, 0.25) is 0 Å². The molecule has 0 amide bonds. The molecule has 0 aromatic carbocycles. The van der Waals surface area contributed by atoms with E-state index >= 15 is 0 Å². The summed E-state index contributed by atoms with van der Waals surface area (Å²) in [5.41, 5.74) is 2.39. The lowest BCUT2D eigenvalue weighted by atomic mass is 10.1. The molecule has 0 aliphatic carbocycles. The first-order valence-corrected chi connectivity index (χ1v) is 8.75. The Balaban J connectivity index is 3.18. The van der Waals surface area contributed by atoms with Crippen molar-refractivity contribution in [3.05, 3.63) is 18.3 Å². The minimum absolute atomic E-state index is 0.00436. The third-order valence-electron chi connectivity index (χ3n) is 3.39. The van der Waals surface area contributed by atoms with Gasteiger partial charge in [-0.1, -0.05) is 27.7 Å². The summed E-state index contributed by atoms with van der Waals surface area (Å²) in [7, 11) is -3.54. The van der Waals surface area contributed by atoms with E-state index in [2.05, 4.69) is 10.4 Å². The van der Waals surface area contributed by atoms with E-state index < -0.39 is 10.0 Å². The molecular formula is C14H26N4O2S. The normalized spacial score (nSPS) is 12.4. The largest absolute Gasteiger partial charge is 0.308 e. The second-order valence-corrected chi connectivity index (χ2v) is 7.35. The number of rotatable bonds is 8. The van der Waals surface area contributed by atoms with Crippen molar-refractivity contribution < 1.29 is 8.42 Å². The van der Waals surface area contributed by atoms with E-state index in [1.165, 1.54) is 12.3 Å². The van der Waals surface area contributed by atoms with E-state index in [9.17, 15) is 8.42 Å². The Kier molecular flexibility index (Phi) is 6.57. The Morgan fingerprint density at radius 2 is 1.90 bits per heavy atom. The highest BCUT2D eigenvalue weighted by molar-refractivity contribution is 7.89. The highest BCUT2D eigenvalue weighted by Crippen LogP contribution is 2.23. The van der Waals surface area contributed by atoms with Gasteiger partial charge in [0, 0.05) is 18.8 Å². The first kappa shape index (κ1) is 17.9. The Morgan fingerprint density at radius 3 is 2.29 bits per heavy atom. The molecule has 0 bridgehead atoms. The molecule has 6 nitrogen and oxygen atoms in total. The van der Waals surface area contributed by atoms with Gasteiger partial charge in [-0.2, -0.15) is 4.31 Å². The third kappa shape index (κ3) is 4.39. The molecule has 0 fully saturated rings. The molecule has 0 unspecified atom stereocenters. The number of nitrogens with one attached hydrogen (secondary N) is 1. The predicted molar refractivity (Wildman–Crippen MR) is 85.1 cm³/mol. The lowest BCUT2D eigenvalue weighted by Gasteiger charge is -2.30. The smallest absolute Gasteiger partial charge is 0.244 e. The molecule has 0 spiro atoms. The number of anilines is 1. The third-order valence-corrected chi connectivity index (χ3v) is 5.29. The average molecular weight is 314 g/mol. The zero-order valence-electron chi connectivity index (χ0n) is 13.2. The first-order valence-electron chi connectivity index (χ1n) is 7.31. The van der Waals surface area contributed by atoms with Gasteiger partial charge >= 0.3 is 0 Å². The van der Waals surface area contributed by atoms with Gasteiger partial charge in [0.2, 0.25) is 10.0 Å². The van der Waals surface area contributed by atoms with E-state index in [-0.39, 0.29) is 16.9 Å². The van der Waals surface area contributed by atoms with E-state index in [0.29, 0.717) is 12.4 Å². The summed E-state index contributed by atoms with van der Waals surface area (Å²) in [5, 5.41) is 0. The van der Waals surface area contributed by atoms with Crippen LogP contribution in [0, 0.1) is 5.92 Å². The molecule has 0 saturated carbocycles. The SMILES string of the molecule is CCC(CC)N(CC(C)C)S(=O)(=O)c1ccc(NN)nc1. The summed E-state index contributed by atoms with van der Waals surface area (Å²) in [6, 6.07) is 3.10. The van der Waals surface area contributed by atoms with Crippen molar-refractivity contribution >= 4 is 15.8 Å². The summed E-state index contributed by atoms with van der Waals surface area (Å²) in [6.45, 7) is 8.56. The molecule has 1 heterocycles. The highest BCUT2D eigenvalue weighted by atomic mass is 32.2. The number of nitrogen functional groups attached to an aromatic ring is 1. The quantitative estimate of drug-likeness (QED) is 0.567. The van der Waals surface area contributed by atoms with Crippen LogP contribution >= 0.6 is 0 Å². The van der Waals surface area contributed by atoms with Gasteiger partial charge in [0.1, 0.15) is 10.7 Å². The van der Waals surface area contributed by atoms with Crippen molar-refractivity contribution in [1.82, 2.24) is 9.29 Å². The molecule has 0 atom stereocenters. The Morgan fingerprint density at radius 1 is 1.29 bits per heavy atom. The zero-order valence-corrected chi connectivity index (χ0v) is 14.0. The van der Waals surface area contributed by atoms with Gasteiger partial charge in [0.05, 0.1) is 0 Å². The molecule has 0 aliphatic rings. The van der Waals surface area contributed by atoms with Crippen molar-refractivity contribution in [2.75, 3.05) is 12.0 Å². The van der Waals surface area contributed by atoms with E-state index in [4.69, 9.17) is 5.84 Å². The minimum Gasteiger partial charge on any atom is -0.308 e. The number of sulfonamides is 1. The second kappa shape index (κ2) is 7.72. The highest BCUT2D eigenvalue weighted by Gasteiger charge is 2.30. The predicted octanol–water partition coefficient (Wildman–Crippen LogP) is 2.20. The van der Waals surface area contributed by atoms with Gasteiger partial charge in [-0.25, -0.2) is 19.2 Å². The summed E-state index contributed by atoms with van der Waals surface area (Å²) in [4.78, 5) is 4.20. The van der Waals surface area contributed by atoms with Crippen LogP contribution in [0.1, 0.15) is 40.5 Å². The van der Waals surface area contributed by atoms with E-state index in [0.717, 1.165) is 12.8 Å². The molecular weight excluding hydrogens is 288 g/mol. The fraction of sp³-hybridized carbons (Fsp3) is 0.643. The molecule has 3 N–H and O–H groups in total. The lowest BCUT2D eigenvalue weighted by molar-refractivity contribution is 0.277. The molecule has 120 valence electrons. The Hall–Kier alpha value is -1.18. The topological polar surface area (TPSA) is 88.3 Å². The van der Waals surface area contributed by atoms with Crippen LogP contribution in [-0.4, -0.2) is 30.3 Å². The summed E-state index contributed by atoms with van der Waals surface area (Å²) in [6.07, 6.45) is 2.93. The fourth-order valence-corrected chi connectivity index (χ4v) is 4.13. The lowest BCUT2D eigenvalue weighted by Crippen LogP contribution is -2.42.